The number of carbonyl (C=O) groups is 2. The molecule has 0 bridgehead atoms. The summed E-state index contributed by atoms with van der Waals surface area (Å²) < 4.78 is 41.2. The standard InChI is InChI=1S/C6H8O9S.C6H8O6/c7-1-2(8)4-3(9)5(6(10)14-4)15-16(11,12)13;7-1-2(8)5-3(9)4(10)6(11)12-5/h2,4,7-9H,1H2,(H,11,12,13);2,5,7-10H,1H2/t2-,4+;2-,5+/m00/s1. The predicted octanol–water partition coefficient (Wildman–Crippen LogP) is -3.55. The van der Waals surface area contributed by atoms with Gasteiger partial charge in [-0.3, -0.25) is 4.55 Å². The second kappa shape index (κ2) is 9.04. The molecule has 0 unspecified atom stereocenters. The maximum atomic E-state index is 11.0. The van der Waals surface area contributed by atoms with E-state index in [4.69, 9.17) is 35.2 Å². The summed E-state index contributed by atoms with van der Waals surface area (Å²) in [6.07, 6.45) is -6.04. The first-order valence-electron chi connectivity index (χ1n) is 7.05. The van der Waals surface area contributed by atoms with Gasteiger partial charge >= 0.3 is 22.3 Å². The number of ether oxygens (including phenoxy) is 2. The third kappa shape index (κ3) is 5.44. The molecule has 0 aromatic carbocycles. The van der Waals surface area contributed by atoms with Gasteiger partial charge in [0.1, 0.15) is 12.2 Å². The quantitative estimate of drug-likeness (QED) is 0.149. The van der Waals surface area contributed by atoms with Gasteiger partial charge in [-0.1, -0.05) is 0 Å². The van der Waals surface area contributed by atoms with Gasteiger partial charge in [-0.05, 0) is 0 Å². The van der Waals surface area contributed by atoms with Crippen LogP contribution in [0.15, 0.2) is 23.0 Å². The molecule has 0 saturated carbocycles. The van der Waals surface area contributed by atoms with Crippen LogP contribution in [0.4, 0.5) is 0 Å². The van der Waals surface area contributed by atoms with E-state index in [2.05, 4.69) is 13.7 Å². The first-order chi connectivity index (χ1) is 12.8. The van der Waals surface area contributed by atoms with Crippen molar-refractivity contribution in [3.8, 4) is 0 Å². The molecular formula is C12H16O15S. The fourth-order valence-corrected chi connectivity index (χ4v) is 2.18. The summed E-state index contributed by atoms with van der Waals surface area (Å²) >= 11 is 0. The van der Waals surface area contributed by atoms with E-state index in [0.29, 0.717) is 0 Å². The Morgan fingerprint density at radius 1 is 0.893 bits per heavy atom. The van der Waals surface area contributed by atoms with E-state index in [1.54, 1.807) is 0 Å². The van der Waals surface area contributed by atoms with Gasteiger partial charge in [0.2, 0.25) is 5.76 Å². The highest BCUT2D eigenvalue weighted by Crippen LogP contribution is 2.25. The van der Waals surface area contributed by atoms with Crippen molar-refractivity contribution in [1.29, 1.82) is 0 Å². The molecule has 2 aliphatic rings. The van der Waals surface area contributed by atoms with Crippen molar-refractivity contribution in [2.45, 2.75) is 24.4 Å². The highest BCUT2D eigenvalue weighted by atomic mass is 32.3. The molecule has 15 nitrogen and oxygen atoms in total. The van der Waals surface area contributed by atoms with Crippen LogP contribution in [0.2, 0.25) is 0 Å². The summed E-state index contributed by atoms with van der Waals surface area (Å²) in [7, 11) is -4.99. The van der Waals surface area contributed by atoms with Crippen molar-refractivity contribution in [2.24, 2.45) is 0 Å². The molecule has 0 aromatic rings. The van der Waals surface area contributed by atoms with Gasteiger partial charge in [0, 0.05) is 0 Å². The van der Waals surface area contributed by atoms with E-state index in [0.717, 1.165) is 0 Å². The zero-order valence-corrected chi connectivity index (χ0v) is 14.4. The number of aliphatic hydroxyl groups excluding tert-OH is 7. The van der Waals surface area contributed by atoms with Gasteiger partial charge in [-0.2, -0.15) is 8.42 Å². The summed E-state index contributed by atoms with van der Waals surface area (Å²) in [5.41, 5.74) is 0. The van der Waals surface area contributed by atoms with Crippen molar-refractivity contribution >= 4 is 22.3 Å². The highest BCUT2D eigenvalue weighted by molar-refractivity contribution is 7.81. The number of hydrogen-bond acceptors (Lipinski definition) is 14. The first-order valence-corrected chi connectivity index (χ1v) is 8.42. The molecule has 0 radical (unpaired) electrons. The van der Waals surface area contributed by atoms with Crippen LogP contribution < -0.4 is 0 Å². The van der Waals surface area contributed by atoms with Crippen molar-refractivity contribution in [3.63, 3.8) is 0 Å². The Labute approximate surface area is 155 Å². The summed E-state index contributed by atoms with van der Waals surface area (Å²) in [6, 6.07) is 0. The summed E-state index contributed by atoms with van der Waals surface area (Å²) in [5, 5.41) is 61.9. The molecule has 8 N–H and O–H groups in total. The fraction of sp³-hybridized carbons (Fsp3) is 0.500. The molecule has 2 aliphatic heterocycles. The van der Waals surface area contributed by atoms with E-state index >= 15 is 0 Å². The number of esters is 2. The zero-order valence-electron chi connectivity index (χ0n) is 13.6. The Balaban J connectivity index is 0.000000292. The van der Waals surface area contributed by atoms with Crippen LogP contribution in [0.25, 0.3) is 0 Å². The molecule has 160 valence electrons. The van der Waals surface area contributed by atoms with Crippen LogP contribution in [0.5, 0.6) is 0 Å². The molecule has 2 rings (SSSR count). The average Bonchev–Trinajstić information content (AvgIpc) is 3.04. The minimum absolute atomic E-state index is 0.671. The lowest BCUT2D eigenvalue weighted by atomic mass is 10.2. The van der Waals surface area contributed by atoms with E-state index in [-0.39, 0.29) is 0 Å². The van der Waals surface area contributed by atoms with Gasteiger partial charge in [-0.15, -0.1) is 0 Å². The molecular weight excluding hydrogens is 416 g/mol. The Kier molecular flexibility index (Phi) is 7.56. The minimum atomic E-state index is -4.99. The van der Waals surface area contributed by atoms with Gasteiger partial charge in [0.05, 0.1) is 13.2 Å². The highest BCUT2D eigenvalue weighted by Gasteiger charge is 2.42. The predicted molar refractivity (Wildman–Crippen MR) is 80.5 cm³/mol. The second-order valence-electron chi connectivity index (χ2n) is 5.11. The molecule has 0 aliphatic carbocycles. The Hall–Kier alpha value is -2.63. The zero-order chi connectivity index (χ0) is 21.8. The third-order valence-corrected chi connectivity index (χ3v) is 3.50. The molecule has 2 heterocycles. The minimum Gasteiger partial charge on any atom is -0.505 e. The Morgan fingerprint density at radius 3 is 1.68 bits per heavy atom. The topological polar surface area (TPSA) is 258 Å². The van der Waals surface area contributed by atoms with Crippen LogP contribution in [0.1, 0.15) is 0 Å². The van der Waals surface area contributed by atoms with Gasteiger partial charge < -0.3 is 49.4 Å². The maximum Gasteiger partial charge on any atom is 0.446 e. The van der Waals surface area contributed by atoms with Crippen molar-refractivity contribution in [3.05, 3.63) is 23.0 Å². The van der Waals surface area contributed by atoms with Crippen LogP contribution >= 0.6 is 0 Å². The SMILES string of the molecule is O=C1O[C@H]([C@@H](O)CO)C(O)=C1O.O=C1O[C@H]([C@@H](O)CO)C(O)=C1OS(=O)(=O)O. The Morgan fingerprint density at radius 2 is 1.32 bits per heavy atom. The summed E-state index contributed by atoms with van der Waals surface area (Å²) in [4.78, 5) is 21.5. The van der Waals surface area contributed by atoms with Gasteiger partial charge in [0.25, 0.3) is 5.76 Å². The number of rotatable bonds is 6. The van der Waals surface area contributed by atoms with E-state index in [1.165, 1.54) is 0 Å². The normalized spacial score (nSPS) is 24.3. The second-order valence-corrected chi connectivity index (χ2v) is 6.13. The van der Waals surface area contributed by atoms with Crippen LogP contribution in [-0.2, 0) is 33.6 Å². The lowest BCUT2D eigenvalue weighted by Crippen LogP contribution is -2.31. The molecule has 0 aromatic heterocycles. The average molecular weight is 432 g/mol. The van der Waals surface area contributed by atoms with Crippen LogP contribution in [0.3, 0.4) is 0 Å². The van der Waals surface area contributed by atoms with Crippen LogP contribution in [0, 0.1) is 0 Å². The molecule has 16 heteroatoms. The lowest BCUT2D eigenvalue weighted by Gasteiger charge is -2.13. The van der Waals surface area contributed by atoms with Crippen molar-refractivity contribution in [2.75, 3.05) is 13.2 Å². The summed E-state index contributed by atoms with van der Waals surface area (Å²) in [6.45, 7) is -1.50. The monoisotopic (exact) mass is 432 g/mol. The van der Waals surface area contributed by atoms with E-state index < -0.39 is 83.0 Å². The summed E-state index contributed by atoms with van der Waals surface area (Å²) in [5.74, 6) is -6.34. The van der Waals surface area contributed by atoms with Gasteiger partial charge in [0.15, 0.2) is 23.7 Å². The number of cyclic esters (lactones) is 2. The number of hydrogen-bond donors (Lipinski definition) is 8. The van der Waals surface area contributed by atoms with Crippen molar-refractivity contribution < 1.29 is 72.0 Å². The lowest BCUT2D eigenvalue weighted by molar-refractivity contribution is -0.148. The largest absolute Gasteiger partial charge is 0.505 e. The first kappa shape index (κ1) is 23.4. The third-order valence-electron chi connectivity index (χ3n) is 3.12. The maximum absolute atomic E-state index is 11.0. The number of aliphatic hydroxyl groups is 7. The molecule has 0 amide bonds. The van der Waals surface area contributed by atoms with Crippen molar-refractivity contribution in [1.82, 2.24) is 0 Å². The molecule has 0 spiro atoms. The molecule has 28 heavy (non-hydrogen) atoms. The fourth-order valence-electron chi connectivity index (χ4n) is 1.82. The molecule has 0 saturated heterocycles. The van der Waals surface area contributed by atoms with Gasteiger partial charge in [-0.25, -0.2) is 9.59 Å². The van der Waals surface area contributed by atoms with E-state index in [1.807, 2.05) is 0 Å². The molecule has 4 atom stereocenters. The number of carbonyl (C=O) groups excluding carboxylic acids is 2. The van der Waals surface area contributed by atoms with E-state index in [9.17, 15) is 23.1 Å². The Bertz CT molecular complexity index is 781. The molecule has 0 fully saturated rings. The van der Waals surface area contributed by atoms with Crippen LogP contribution in [-0.4, -0.2) is 98.3 Å². The smallest absolute Gasteiger partial charge is 0.446 e.